The maximum Gasteiger partial charge on any atom is 0.115 e. The first-order valence-corrected chi connectivity index (χ1v) is 9.45. The molecular formula is C21H20N4S. The van der Waals surface area contributed by atoms with Crippen LogP contribution in [-0.2, 0) is 13.1 Å². The number of aromatic nitrogens is 3. The van der Waals surface area contributed by atoms with Crippen molar-refractivity contribution in [1.82, 2.24) is 19.9 Å². The van der Waals surface area contributed by atoms with E-state index in [1.807, 2.05) is 6.07 Å². The van der Waals surface area contributed by atoms with Crippen LogP contribution in [0.25, 0.3) is 21.5 Å². The lowest BCUT2D eigenvalue weighted by molar-refractivity contribution is 0.315. The molecule has 3 heterocycles. The van der Waals surface area contributed by atoms with Crippen molar-refractivity contribution < 1.29 is 0 Å². The average Bonchev–Trinajstić information content (AvgIpc) is 3.17. The number of para-hydroxylation sites is 1. The quantitative estimate of drug-likeness (QED) is 0.518. The summed E-state index contributed by atoms with van der Waals surface area (Å²) in [5.41, 5.74) is 5.63. The zero-order chi connectivity index (χ0) is 17.9. The summed E-state index contributed by atoms with van der Waals surface area (Å²) in [6.45, 7) is 3.71. The minimum atomic E-state index is 0.776. The molecule has 0 aliphatic carbocycles. The normalized spacial score (nSPS) is 11.3. The molecule has 3 aromatic heterocycles. The fourth-order valence-corrected chi connectivity index (χ4v) is 3.92. The Kier molecular flexibility index (Phi) is 4.73. The molecule has 5 heteroatoms. The smallest absolute Gasteiger partial charge is 0.115 e. The minimum absolute atomic E-state index is 0.776. The lowest BCUT2D eigenvalue weighted by Crippen LogP contribution is -2.18. The highest BCUT2D eigenvalue weighted by Gasteiger charge is 2.13. The van der Waals surface area contributed by atoms with Crippen LogP contribution in [0, 0.1) is 6.92 Å². The number of hydrogen-bond donors (Lipinski definition) is 0. The van der Waals surface area contributed by atoms with Gasteiger partial charge in [0.1, 0.15) is 6.33 Å². The van der Waals surface area contributed by atoms with E-state index in [4.69, 9.17) is 4.98 Å². The summed E-state index contributed by atoms with van der Waals surface area (Å²) in [6, 6.07) is 14.8. The molecule has 4 nitrogen and oxygen atoms in total. The van der Waals surface area contributed by atoms with E-state index in [1.54, 1.807) is 23.9 Å². The van der Waals surface area contributed by atoms with Gasteiger partial charge in [0.15, 0.2) is 0 Å². The van der Waals surface area contributed by atoms with Gasteiger partial charge in [-0.15, -0.1) is 11.3 Å². The summed E-state index contributed by atoms with van der Waals surface area (Å²) < 4.78 is 0. The van der Waals surface area contributed by atoms with Crippen molar-refractivity contribution in [3.63, 3.8) is 0 Å². The van der Waals surface area contributed by atoms with Gasteiger partial charge >= 0.3 is 0 Å². The SMILES string of the molecule is Cc1cccc2cc(CN(C)Cc3ccncn3)c(-c3cccs3)nc12. The van der Waals surface area contributed by atoms with Crippen LogP contribution in [0.4, 0.5) is 0 Å². The summed E-state index contributed by atoms with van der Waals surface area (Å²) in [6.07, 6.45) is 3.38. The van der Waals surface area contributed by atoms with Gasteiger partial charge in [-0.1, -0.05) is 24.3 Å². The number of hydrogen-bond acceptors (Lipinski definition) is 5. The Balaban J connectivity index is 1.72. The third kappa shape index (κ3) is 3.49. The second-order valence-corrected chi connectivity index (χ2v) is 7.44. The third-order valence-corrected chi connectivity index (χ3v) is 5.27. The fraction of sp³-hybridized carbons (Fsp3) is 0.190. The van der Waals surface area contributed by atoms with Crippen molar-refractivity contribution in [1.29, 1.82) is 0 Å². The Morgan fingerprint density at radius 3 is 2.77 bits per heavy atom. The van der Waals surface area contributed by atoms with Gasteiger partial charge in [0.2, 0.25) is 0 Å². The van der Waals surface area contributed by atoms with Gasteiger partial charge in [-0.05, 0) is 48.7 Å². The molecule has 0 N–H and O–H groups in total. The van der Waals surface area contributed by atoms with E-state index in [-0.39, 0.29) is 0 Å². The molecule has 0 saturated carbocycles. The van der Waals surface area contributed by atoms with Gasteiger partial charge in [-0.3, -0.25) is 4.90 Å². The highest BCUT2D eigenvalue weighted by atomic mass is 32.1. The van der Waals surface area contributed by atoms with E-state index >= 15 is 0 Å². The molecule has 0 aliphatic rings. The van der Waals surface area contributed by atoms with E-state index in [2.05, 4.69) is 70.6 Å². The summed E-state index contributed by atoms with van der Waals surface area (Å²) in [5.74, 6) is 0. The molecule has 0 aliphatic heterocycles. The van der Waals surface area contributed by atoms with Crippen molar-refractivity contribution in [2.24, 2.45) is 0 Å². The molecule has 0 radical (unpaired) electrons. The average molecular weight is 360 g/mol. The van der Waals surface area contributed by atoms with Crippen LogP contribution in [0.3, 0.4) is 0 Å². The molecule has 0 saturated heterocycles. The van der Waals surface area contributed by atoms with Crippen LogP contribution < -0.4 is 0 Å². The predicted octanol–water partition coefficient (Wildman–Crippen LogP) is 4.69. The van der Waals surface area contributed by atoms with Gasteiger partial charge in [0.05, 0.1) is 21.8 Å². The van der Waals surface area contributed by atoms with Crippen molar-refractivity contribution >= 4 is 22.2 Å². The van der Waals surface area contributed by atoms with Crippen molar-refractivity contribution in [2.75, 3.05) is 7.05 Å². The van der Waals surface area contributed by atoms with E-state index in [1.165, 1.54) is 21.4 Å². The Bertz CT molecular complexity index is 1010. The van der Waals surface area contributed by atoms with Crippen molar-refractivity contribution in [3.05, 3.63) is 77.2 Å². The minimum Gasteiger partial charge on any atom is -0.296 e. The standard InChI is InChI=1S/C21H20N4S/c1-15-5-3-6-16-11-17(12-25(2)13-18-8-9-22-14-23-18)21(24-20(15)16)19-7-4-10-26-19/h3-11,14H,12-13H2,1-2H3. The monoisotopic (exact) mass is 360 g/mol. The maximum atomic E-state index is 5.04. The van der Waals surface area contributed by atoms with Crippen LogP contribution >= 0.6 is 11.3 Å². The molecule has 1 aromatic carbocycles. The molecule has 26 heavy (non-hydrogen) atoms. The number of nitrogens with zero attached hydrogens (tertiary/aromatic N) is 4. The second kappa shape index (κ2) is 7.32. The van der Waals surface area contributed by atoms with Crippen LogP contribution in [-0.4, -0.2) is 26.9 Å². The Labute approximate surface area is 157 Å². The van der Waals surface area contributed by atoms with Gasteiger partial charge in [0, 0.05) is 24.7 Å². The third-order valence-electron chi connectivity index (χ3n) is 4.40. The molecule has 130 valence electrons. The van der Waals surface area contributed by atoms with E-state index < -0.39 is 0 Å². The maximum absolute atomic E-state index is 5.04. The molecule has 0 fully saturated rings. The molecule has 0 amide bonds. The zero-order valence-corrected chi connectivity index (χ0v) is 15.7. The summed E-state index contributed by atoms with van der Waals surface area (Å²) in [4.78, 5) is 16.8. The van der Waals surface area contributed by atoms with Gasteiger partial charge in [-0.25, -0.2) is 15.0 Å². The summed E-state index contributed by atoms with van der Waals surface area (Å²) >= 11 is 1.73. The number of thiophene rings is 1. The Morgan fingerprint density at radius 1 is 1.08 bits per heavy atom. The van der Waals surface area contributed by atoms with Crippen molar-refractivity contribution in [2.45, 2.75) is 20.0 Å². The number of benzene rings is 1. The molecule has 0 spiro atoms. The molecule has 4 aromatic rings. The van der Waals surface area contributed by atoms with E-state index in [9.17, 15) is 0 Å². The molecular weight excluding hydrogens is 340 g/mol. The van der Waals surface area contributed by atoms with Crippen LogP contribution in [0.15, 0.2) is 60.4 Å². The number of aryl methyl sites for hydroxylation is 1. The van der Waals surface area contributed by atoms with Crippen LogP contribution in [0.5, 0.6) is 0 Å². The first kappa shape index (κ1) is 16.8. The van der Waals surface area contributed by atoms with Crippen molar-refractivity contribution in [3.8, 4) is 10.6 Å². The molecule has 4 rings (SSSR count). The van der Waals surface area contributed by atoms with E-state index in [0.717, 1.165) is 30.0 Å². The lowest BCUT2D eigenvalue weighted by Gasteiger charge is -2.18. The summed E-state index contributed by atoms with van der Waals surface area (Å²) in [5, 5.41) is 3.30. The van der Waals surface area contributed by atoms with Crippen LogP contribution in [0.2, 0.25) is 0 Å². The number of pyridine rings is 1. The molecule has 0 atom stereocenters. The van der Waals surface area contributed by atoms with Gasteiger partial charge < -0.3 is 0 Å². The topological polar surface area (TPSA) is 41.9 Å². The fourth-order valence-electron chi connectivity index (χ4n) is 3.17. The predicted molar refractivity (Wildman–Crippen MR) is 107 cm³/mol. The first-order chi connectivity index (χ1) is 12.7. The number of rotatable bonds is 5. The largest absolute Gasteiger partial charge is 0.296 e. The zero-order valence-electron chi connectivity index (χ0n) is 14.9. The lowest BCUT2D eigenvalue weighted by atomic mass is 10.0. The highest BCUT2D eigenvalue weighted by molar-refractivity contribution is 7.13. The first-order valence-electron chi connectivity index (χ1n) is 8.57. The highest BCUT2D eigenvalue weighted by Crippen LogP contribution is 2.31. The Hall–Kier alpha value is -2.63. The van der Waals surface area contributed by atoms with Gasteiger partial charge in [-0.2, -0.15) is 0 Å². The number of fused-ring (bicyclic) bond motifs is 1. The molecule has 0 bridgehead atoms. The summed E-state index contributed by atoms with van der Waals surface area (Å²) in [7, 11) is 2.11. The second-order valence-electron chi connectivity index (χ2n) is 6.49. The van der Waals surface area contributed by atoms with Crippen LogP contribution in [0.1, 0.15) is 16.8 Å². The molecule has 0 unspecified atom stereocenters. The van der Waals surface area contributed by atoms with E-state index in [0.29, 0.717) is 0 Å². The van der Waals surface area contributed by atoms with Gasteiger partial charge in [0.25, 0.3) is 0 Å². The Morgan fingerprint density at radius 2 is 2.00 bits per heavy atom.